The lowest BCUT2D eigenvalue weighted by Gasteiger charge is -2.13. The van der Waals surface area contributed by atoms with Crippen molar-refractivity contribution < 1.29 is 10.1 Å². The second-order valence-electron chi connectivity index (χ2n) is 3.16. The van der Waals surface area contributed by atoms with Crippen LogP contribution in [0.5, 0.6) is 0 Å². The first-order valence-electron chi connectivity index (χ1n) is 6.63. The fourth-order valence-corrected chi connectivity index (χ4v) is 1.68. The summed E-state index contributed by atoms with van der Waals surface area (Å²) in [4.78, 5) is 3.25. The summed E-state index contributed by atoms with van der Waals surface area (Å²) in [7, 11) is 1.18. The van der Waals surface area contributed by atoms with Crippen molar-refractivity contribution in [3.8, 4) is 0 Å². The minimum atomic E-state index is 1.18. The van der Waals surface area contributed by atoms with Crippen molar-refractivity contribution >= 4 is 0 Å². The van der Waals surface area contributed by atoms with E-state index in [4.69, 9.17) is 5.26 Å². The topological polar surface area (TPSA) is 29.5 Å². The predicted octanol–water partition coefficient (Wildman–Crippen LogP) is 4.72. The molecule has 0 spiro atoms. The highest BCUT2D eigenvalue weighted by molar-refractivity contribution is 5.28. The molecule has 0 aliphatic heterocycles. The second kappa shape index (κ2) is 15.1. The van der Waals surface area contributed by atoms with Gasteiger partial charge < -0.3 is 0 Å². The quantitative estimate of drug-likeness (QED) is 0.525. The zero-order valence-electron chi connectivity index (χ0n) is 12.0. The van der Waals surface area contributed by atoms with Gasteiger partial charge in [0, 0.05) is 0 Å². The summed E-state index contributed by atoms with van der Waals surface area (Å²) in [5, 5.41) is 7.07. The maximum absolute atomic E-state index is 7.07. The molecule has 1 N–H and O–H groups in total. The summed E-state index contributed by atoms with van der Waals surface area (Å²) in [6, 6.07) is 8.80. The average molecular weight is 240 g/mol. The maximum atomic E-state index is 7.07. The average Bonchev–Trinajstić information content (AvgIpc) is 2.44. The van der Waals surface area contributed by atoms with Gasteiger partial charge >= 0.3 is 0 Å². The van der Waals surface area contributed by atoms with E-state index in [9.17, 15) is 0 Å². The molecule has 1 aromatic carbocycles. The van der Waals surface area contributed by atoms with Gasteiger partial charge in [0.05, 0.1) is 7.11 Å². The van der Waals surface area contributed by atoms with Crippen molar-refractivity contribution in [1.82, 2.24) is 0 Å². The number of hydrogen-bond donors (Lipinski definition) is 1. The lowest BCUT2D eigenvalue weighted by molar-refractivity contribution is -0.214. The van der Waals surface area contributed by atoms with Gasteiger partial charge in [0.2, 0.25) is 0 Å². The van der Waals surface area contributed by atoms with Crippen LogP contribution in [0, 0.1) is 0 Å². The van der Waals surface area contributed by atoms with Crippen LogP contribution in [-0.4, -0.2) is 12.4 Å². The van der Waals surface area contributed by atoms with Gasteiger partial charge in [-0.3, -0.25) is 5.26 Å². The van der Waals surface area contributed by atoms with Gasteiger partial charge in [-0.05, 0) is 36.8 Å². The minimum absolute atomic E-state index is 1.18. The molecule has 2 heteroatoms. The van der Waals surface area contributed by atoms with Crippen molar-refractivity contribution in [1.29, 1.82) is 0 Å². The van der Waals surface area contributed by atoms with Gasteiger partial charge in [0.15, 0.2) is 0 Å². The number of benzene rings is 1. The number of hydrogen-bond acceptors (Lipinski definition) is 2. The molecular formula is C15H28O2. The monoisotopic (exact) mass is 240 g/mol. The molecule has 1 aromatic rings. The lowest BCUT2D eigenvalue weighted by Crippen LogP contribution is -2.00. The SMILES string of the molecule is CC.CC.COO.c1ccc2c(c1)CCCC2. The first kappa shape index (κ1) is 18.5. The van der Waals surface area contributed by atoms with E-state index in [1.807, 2.05) is 27.7 Å². The molecule has 1 aliphatic carbocycles. The Bertz CT molecular complexity index is 221. The zero-order valence-corrected chi connectivity index (χ0v) is 12.0. The molecule has 1 aliphatic rings. The molecule has 0 fully saturated rings. The van der Waals surface area contributed by atoms with Crippen LogP contribution in [0.2, 0.25) is 0 Å². The molecular weight excluding hydrogens is 212 g/mol. The van der Waals surface area contributed by atoms with Crippen molar-refractivity contribution in [3.05, 3.63) is 35.4 Å². The van der Waals surface area contributed by atoms with E-state index in [1.165, 1.54) is 32.8 Å². The molecule has 0 saturated carbocycles. The van der Waals surface area contributed by atoms with Gasteiger partial charge in [-0.25, -0.2) is 4.89 Å². The fraction of sp³-hybridized carbons (Fsp3) is 0.600. The second-order valence-corrected chi connectivity index (χ2v) is 3.16. The smallest absolute Gasteiger partial charge is 0.0710 e. The van der Waals surface area contributed by atoms with Crippen LogP contribution < -0.4 is 0 Å². The third-order valence-electron chi connectivity index (χ3n) is 2.26. The summed E-state index contributed by atoms with van der Waals surface area (Å²) in [5.74, 6) is 0. The Hall–Kier alpha value is -0.860. The van der Waals surface area contributed by atoms with Crippen LogP contribution in [0.15, 0.2) is 24.3 Å². The Morgan fingerprint density at radius 2 is 1.18 bits per heavy atom. The molecule has 2 rings (SSSR count). The molecule has 0 heterocycles. The third-order valence-corrected chi connectivity index (χ3v) is 2.26. The zero-order chi connectivity index (χ0) is 13.5. The Morgan fingerprint density at radius 1 is 0.882 bits per heavy atom. The van der Waals surface area contributed by atoms with Crippen molar-refractivity contribution in [2.45, 2.75) is 53.4 Å². The number of fused-ring (bicyclic) bond motifs is 1. The highest BCUT2D eigenvalue weighted by atomic mass is 17.1. The molecule has 0 radical (unpaired) electrons. The van der Waals surface area contributed by atoms with Crippen LogP contribution in [0.25, 0.3) is 0 Å². The van der Waals surface area contributed by atoms with Crippen LogP contribution in [0.3, 0.4) is 0 Å². The highest BCUT2D eigenvalue weighted by Crippen LogP contribution is 2.19. The summed E-state index contributed by atoms with van der Waals surface area (Å²) in [5.41, 5.74) is 3.16. The van der Waals surface area contributed by atoms with Crippen LogP contribution in [-0.2, 0) is 17.7 Å². The Morgan fingerprint density at radius 3 is 1.47 bits per heavy atom. The Balaban J connectivity index is 0. The molecule has 0 unspecified atom stereocenters. The number of aryl methyl sites for hydroxylation is 2. The number of rotatable bonds is 0. The largest absolute Gasteiger partial charge is 0.252 e. The maximum Gasteiger partial charge on any atom is 0.0710 e. The predicted molar refractivity (Wildman–Crippen MR) is 75.4 cm³/mol. The van der Waals surface area contributed by atoms with Gasteiger partial charge in [-0.1, -0.05) is 52.0 Å². The highest BCUT2D eigenvalue weighted by Gasteiger charge is 2.05. The molecule has 17 heavy (non-hydrogen) atoms. The first-order valence-corrected chi connectivity index (χ1v) is 6.63. The molecule has 0 saturated heterocycles. The van der Waals surface area contributed by atoms with Crippen molar-refractivity contribution in [2.75, 3.05) is 7.11 Å². The standard InChI is InChI=1S/C10H12.2C2H6.CH4O2/c1-2-6-10-8-4-3-7-9(10)5-1;2*1-2;1-3-2/h1-2,5-6H,3-4,7-8H2;2*1-2H3;2H,1H3. The van der Waals surface area contributed by atoms with Gasteiger partial charge in [-0.2, -0.15) is 0 Å². The van der Waals surface area contributed by atoms with Crippen LogP contribution in [0.4, 0.5) is 0 Å². The Labute approximate surface area is 107 Å². The van der Waals surface area contributed by atoms with E-state index in [1.54, 1.807) is 11.1 Å². The molecule has 0 amide bonds. The first-order chi connectivity index (χ1) is 8.38. The van der Waals surface area contributed by atoms with Crippen molar-refractivity contribution in [2.24, 2.45) is 0 Å². The van der Waals surface area contributed by atoms with Gasteiger partial charge in [0.25, 0.3) is 0 Å². The van der Waals surface area contributed by atoms with E-state index in [0.29, 0.717) is 0 Å². The van der Waals surface area contributed by atoms with E-state index >= 15 is 0 Å². The lowest BCUT2D eigenvalue weighted by atomic mass is 9.92. The summed E-state index contributed by atoms with van der Waals surface area (Å²) >= 11 is 0. The van der Waals surface area contributed by atoms with E-state index < -0.39 is 0 Å². The van der Waals surface area contributed by atoms with E-state index in [2.05, 4.69) is 29.2 Å². The third kappa shape index (κ3) is 8.90. The molecule has 0 aromatic heterocycles. The normalized spacial score (nSPS) is 11.4. The van der Waals surface area contributed by atoms with Crippen molar-refractivity contribution in [3.63, 3.8) is 0 Å². The van der Waals surface area contributed by atoms with Gasteiger partial charge in [0.1, 0.15) is 0 Å². The fourth-order valence-electron chi connectivity index (χ4n) is 1.68. The van der Waals surface area contributed by atoms with Gasteiger partial charge in [-0.15, -0.1) is 0 Å². The summed E-state index contributed by atoms with van der Waals surface area (Å²) in [6.45, 7) is 8.00. The molecule has 0 bridgehead atoms. The summed E-state index contributed by atoms with van der Waals surface area (Å²) in [6.07, 6.45) is 5.38. The molecule has 2 nitrogen and oxygen atoms in total. The van der Waals surface area contributed by atoms with E-state index in [0.717, 1.165) is 0 Å². The molecule has 100 valence electrons. The Kier molecular flexibility index (Phi) is 16.5. The summed E-state index contributed by atoms with van der Waals surface area (Å²) < 4.78 is 0. The minimum Gasteiger partial charge on any atom is -0.252 e. The van der Waals surface area contributed by atoms with Crippen LogP contribution >= 0.6 is 0 Å². The molecule has 0 atom stereocenters. The van der Waals surface area contributed by atoms with Crippen LogP contribution in [0.1, 0.15) is 51.7 Å². The van der Waals surface area contributed by atoms with E-state index in [-0.39, 0.29) is 0 Å².